The summed E-state index contributed by atoms with van der Waals surface area (Å²) in [6, 6.07) is -1.01. The Morgan fingerprint density at radius 3 is 2.21 bits per heavy atom. The van der Waals surface area contributed by atoms with E-state index >= 15 is 0 Å². The van der Waals surface area contributed by atoms with Crippen LogP contribution in [0, 0.1) is 0 Å². The van der Waals surface area contributed by atoms with Gasteiger partial charge >= 0.3 is 22.3 Å². The summed E-state index contributed by atoms with van der Waals surface area (Å²) in [5.74, 6) is -1.61. The Bertz CT molecular complexity index is 554. The number of carboxylic acid groups (broad SMARTS) is 1. The minimum absolute atomic E-state index is 0.00451. The Balaban J connectivity index is 4.15. The Morgan fingerprint density at radius 1 is 1.17 bits per heavy atom. The molecule has 0 aromatic heterocycles. The number of nitrogens with one attached hydrogen (secondary N) is 3. The van der Waals surface area contributed by atoms with Crippen LogP contribution in [0.4, 0.5) is 4.79 Å². The van der Waals surface area contributed by atoms with Crippen molar-refractivity contribution in [1.29, 1.82) is 0 Å². The SMILES string of the molecule is CC(=O)N[C@@H](CCCCNS(=O)(=O)NC(=O)OC(C)(C)C)C(=O)O. The summed E-state index contributed by atoms with van der Waals surface area (Å²) in [4.78, 5) is 33.1. The molecule has 0 aliphatic carbocycles. The number of carbonyl (C=O) groups is 3. The fourth-order valence-electron chi connectivity index (χ4n) is 1.63. The van der Waals surface area contributed by atoms with Gasteiger partial charge in [-0.3, -0.25) is 4.79 Å². The van der Waals surface area contributed by atoms with E-state index in [-0.39, 0.29) is 13.0 Å². The lowest BCUT2D eigenvalue weighted by molar-refractivity contribution is -0.141. The monoisotopic (exact) mass is 367 g/mol. The highest BCUT2D eigenvalue weighted by atomic mass is 32.2. The summed E-state index contributed by atoms with van der Waals surface area (Å²) < 4.78 is 31.9. The lowest BCUT2D eigenvalue weighted by Gasteiger charge is -2.19. The van der Waals surface area contributed by atoms with Crippen molar-refractivity contribution >= 4 is 28.2 Å². The predicted octanol–water partition coefficient (Wildman–Crippen LogP) is 0.105. The van der Waals surface area contributed by atoms with Gasteiger partial charge < -0.3 is 15.2 Å². The molecule has 0 spiro atoms. The molecule has 0 aromatic carbocycles. The van der Waals surface area contributed by atoms with Crippen molar-refractivity contribution in [1.82, 2.24) is 14.8 Å². The third-order valence-corrected chi connectivity index (χ3v) is 3.52. The molecule has 0 heterocycles. The van der Waals surface area contributed by atoms with Crippen molar-refractivity contribution in [2.75, 3.05) is 6.54 Å². The molecule has 0 saturated carbocycles. The number of ether oxygens (including phenoxy) is 1. The van der Waals surface area contributed by atoms with Crippen LogP contribution in [0.15, 0.2) is 0 Å². The normalized spacial score (nSPS) is 13.0. The molecule has 1 atom stereocenters. The summed E-state index contributed by atoms with van der Waals surface area (Å²) in [6.45, 7) is 6.01. The van der Waals surface area contributed by atoms with E-state index < -0.39 is 39.8 Å². The molecule has 0 bridgehead atoms. The zero-order valence-electron chi connectivity index (χ0n) is 14.2. The van der Waals surface area contributed by atoms with Crippen LogP contribution in [0.2, 0.25) is 0 Å². The Kier molecular flexibility index (Phi) is 8.69. The van der Waals surface area contributed by atoms with Crippen molar-refractivity contribution in [2.24, 2.45) is 0 Å². The van der Waals surface area contributed by atoms with Crippen LogP contribution in [-0.4, -0.2) is 49.7 Å². The summed E-state index contributed by atoms with van der Waals surface area (Å²) in [7, 11) is -4.05. The number of hydrogen-bond acceptors (Lipinski definition) is 6. The maximum absolute atomic E-state index is 11.6. The van der Waals surface area contributed by atoms with E-state index in [1.807, 2.05) is 0 Å². The van der Waals surface area contributed by atoms with Crippen molar-refractivity contribution in [3.63, 3.8) is 0 Å². The lowest BCUT2D eigenvalue weighted by Crippen LogP contribution is -2.43. The molecule has 4 N–H and O–H groups in total. The fourth-order valence-corrected chi connectivity index (χ4v) is 2.37. The maximum atomic E-state index is 11.6. The van der Waals surface area contributed by atoms with E-state index in [1.165, 1.54) is 6.92 Å². The van der Waals surface area contributed by atoms with Gasteiger partial charge in [-0.1, -0.05) is 0 Å². The van der Waals surface area contributed by atoms with E-state index in [2.05, 4.69) is 10.0 Å². The first-order valence-electron chi connectivity index (χ1n) is 7.32. The molecule has 0 aliphatic rings. The molecule has 0 aliphatic heterocycles. The molecule has 0 unspecified atom stereocenters. The van der Waals surface area contributed by atoms with Gasteiger partial charge in [0.25, 0.3) is 0 Å². The number of amides is 2. The van der Waals surface area contributed by atoms with E-state index in [9.17, 15) is 22.8 Å². The molecule has 0 rings (SSSR count). The highest BCUT2D eigenvalue weighted by molar-refractivity contribution is 7.88. The number of carboxylic acids is 1. The molecule has 10 nitrogen and oxygen atoms in total. The Hall–Kier alpha value is -1.88. The molecule has 0 radical (unpaired) electrons. The van der Waals surface area contributed by atoms with Crippen LogP contribution in [-0.2, 0) is 24.5 Å². The first-order chi connectivity index (χ1) is 10.8. The van der Waals surface area contributed by atoms with Crippen LogP contribution >= 0.6 is 0 Å². The summed E-state index contributed by atoms with van der Waals surface area (Å²) in [5.41, 5.74) is -0.824. The van der Waals surface area contributed by atoms with Crippen LogP contribution < -0.4 is 14.8 Å². The molecule has 0 aromatic rings. The number of rotatable bonds is 9. The third kappa shape index (κ3) is 11.7. The Labute approximate surface area is 141 Å². The first kappa shape index (κ1) is 22.1. The molecule has 24 heavy (non-hydrogen) atoms. The third-order valence-electron chi connectivity index (χ3n) is 2.50. The molecular weight excluding hydrogens is 342 g/mol. The first-order valence-corrected chi connectivity index (χ1v) is 8.81. The van der Waals surface area contributed by atoms with Gasteiger partial charge in [0.05, 0.1) is 0 Å². The van der Waals surface area contributed by atoms with Gasteiger partial charge in [0.2, 0.25) is 5.91 Å². The lowest BCUT2D eigenvalue weighted by atomic mass is 10.1. The fraction of sp³-hybridized carbons (Fsp3) is 0.769. The molecule has 2 amide bonds. The van der Waals surface area contributed by atoms with Gasteiger partial charge in [-0.05, 0) is 40.0 Å². The average molecular weight is 367 g/mol. The van der Waals surface area contributed by atoms with E-state index in [0.29, 0.717) is 12.8 Å². The van der Waals surface area contributed by atoms with Crippen molar-refractivity contribution < 1.29 is 32.6 Å². The minimum Gasteiger partial charge on any atom is -0.480 e. The second-order valence-electron chi connectivity index (χ2n) is 6.09. The molecule has 0 fully saturated rings. The van der Waals surface area contributed by atoms with E-state index in [0.717, 1.165) is 0 Å². The number of carbonyl (C=O) groups excluding carboxylic acids is 2. The van der Waals surface area contributed by atoms with E-state index in [1.54, 1.807) is 25.5 Å². The quantitative estimate of drug-likeness (QED) is 0.422. The van der Waals surface area contributed by atoms with Crippen LogP contribution in [0.5, 0.6) is 0 Å². The van der Waals surface area contributed by atoms with Crippen molar-refractivity contribution in [2.45, 2.75) is 58.6 Å². The topological polar surface area (TPSA) is 151 Å². The van der Waals surface area contributed by atoms with Crippen LogP contribution in [0.3, 0.4) is 0 Å². The van der Waals surface area contributed by atoms with Gasteiger partial charge in [-0.15, -0.1) is 0 Å². The zero-order valence-corrected chi connectivity index (χ0v) is 15.0. The molecular formula is C13H25N3O7S. The summed E-state index contributed by atoms with van der Waals surface area (Å²) >= 11 is 0. The molecule has 11 heteroatoms. The molecule has 140 valence electrons. The zero-order chi connectivity index (χ0) is 19.0. The van der Waals surface area contributed by atoms with Gasteiger partial charge in [0.1, 0.15) is 11.6 Å². The maximum Gasteiger partial charge on any atom is 0.422 e. The second-order valence-corrected chi connectivity index (χ2v) is 7.59. The summed E-state index contributed by atoms with van der Waals surface area (Å²) in [5, 5.41) is 11.2. The van der Waals surface area contributed by atoms with E-state index in [4.69, 9.17) is 9.84 Å². The average Bonchev–Trinajstić information content (AvgIpc) is 2.32. The highest BCUT2D eigenvalue weighted by Gasteiger charge is 2.21. The molecule has 0 saturated heterocycles. The summed E-state index contributed by atoms with van der Waals surface area (Å²) in [6.07, 6.45) is -0.229. The Morgan fingerprint density at radius 2 is 1.75 bits per heavy atom. The highest BCUT2D eigenvalue weighted by Crippen LogP contribution is 2.06. The standard InChI is InChI=1S/C13H25N3O7S/c1-9(17)15-10(11(18)19)7-5-6-8-14-24(21,22)16-12(20)23-13(2,3)4/h10,14H,5-8H2,1-4H3,(H,15,17)(H,16,20)(H,18,19)/t10-/m0/s1. The van der Waals surface area contributed by atoms with Crippen LogP contribution in [0.25, 0.3) is 0 Å². The van der Waals surface area contributed by atoms with Gasteiger partial charge in [0, 0.05) is 13.5 Å². The number of hydrogen-bond donors (Lipinski definition) is 4. The minimum atomic E-state index is -4.05. The number of aliphatic carboxylic acids is 1. The van der Waals surface area contributed by atoms with Crippen LogP contribution in [0.1, 0.15) is 47.0 Å². The largest absolute Gasteiger partial charge is 0.480 e. The smallest absolute Gasteiger partial charge is 0.422 e. The van der Waals surface area contributed by atoms with Gasteiger partial charge in [-0.25, -0.2) is 14.3 Å². The van der Waals surface area contributed by atoms with Crippen molar-refractivity contribution in [3.05, 3.63) is 0 Å². The van der Waals surface area contributed by atoms with Crippen molar-refractivity contribution in [3.8, 4) is 0 Å². The van der Waals surface area contributed by atoms with Gasteiger partial charge in [-0.2, -0.15) is 13.1 Å². The predicted molar refractivity (Wildman–Crippen MR) is 85.4 cm³/mol. The van der Waals surface area contributed by atoms with Gasteiger partial charge in [0.15, 0.2) is 0 Å². The number of unbranched alkanes of at least 4 members (excludes halogenated alkanes) is 1. The second kappa shape index (κ2) is 9.42.